The monoisotopic (exact) mass is 486 g/mol. The fourth-order valence-electron chi connectivity index (χ4n) is 3.06. The fraction of sp³-hybridized carbons (Fsp3) is 0.300. The summed E-state index contributed by atoms with van der Waals surface area (Å²) < 4.78 is 64.5. The lowest BCUT2D eigenvalue weighted by Gasteiger charge is -2.13. The number of thioether (sulfide) groups is 1. The molecule has 0 aliphatic rings. The van der Waals surface area contributed by atoms with Crippen molar-refractivity contribution < 1.29 is 26.4 Å². The number of rotatable bonds is 8. The Bertz CT molecular complexity index is 1240. The maximum Gasteiger partial charge on any atom is 0.418 e. The van der Waals surface area contributed by atoms with Crippen molar-refractivity contribution in [1.82, 2.24) is 9.55 Å². The highest BCUT2D eigenvalue weighted by Crippen LogP contribution is 2.34. The predicted molar refractivity (Wildman–Crippen MR) is 117 cm³/mol. The van der Waals surface area contributed by atoms with Crippen molar-refractivity contribution in [3.8, 4) is 0 Å². The number of hydrogen-bond acceptors (Lipinski definition) is 5. The molecule has 0 saturated heterocycles. The molecule has 2 aromatic carbocycles. The third-order valence-corrected chi connectivity index (χ3v) is 6.47. The topological polar surface area (TPSA) is 107 Å². The van der Waals surface area contributed by atoms with E-state index in [1.165, 1.54) is 30.3 Å². The Morgan fingerprint density at radius 2 is 1.94 bits per heavy atom. The summed E-state index contributed by atoms with van der Waals surface area (Å²) in [6, 6.07) is 9.09. The number of hydrogen-bond donors (Lipinski definition) is 2. The molecule has 1 amide bonds. The second kappa shape index (κ2) is 9.51. The molecule has 0 atom stereocenters. The number of nitrogens with one attached hydrogen (secondary N) is 1. The normalized spacial score (nSPS) is 12.3. The number of fused-ring (bicyclic) bond motifs is 1. The molecule has 0 spiro atoms. The molecule has 12 heteroatoms. The lowest BCUT2D eigenvalue weighted by Crippen LogP contribution is -2.18. The van der Waals surface area contributed by atoms with E-state index < -0.39 is 27.7 Å². The Balaban J connectivity index is 1.83. The fourth-order valence-corrected chi connectivity index (χ4v) is 4.44. The summed E-state index contributed by atoms with van der Waals surface area (Å²) in [6.45, 7) is 2.60. The molecule has 3 N–H and O–H groups in total. The number of anilines is 1. The summed E-state index contributed by atoms with van der Waals surface area (Å²) in [4.78, 5) is 16.7. The van der Waals surface area contributed by atoms with Crippen LogP contribution in [0.2, 0.25) is 0 Å². The van der Waals surface area contributed by atoms with Crippen molar-refractivity contribution in [2.24, 2.45) is 5.14 Å². The van der Waals surface area contributed by atoms with E-state index in [1.54, 1.807) is 6.07 Å². The number of benzene rings is 2. The molecule has 0 aliphatic carbocycles. The third kappa shape index (κ3) is 5.61. The number of para-hydroxylation sites is 1. The van der Waals surface area contributed by atoms with Gasteiger partial charge < -0.3 is 9.88 Å². The van der Waals surface area contributed by atoms with Gasteiger partial charge in [-0.05, 0) is 36.8 Å². The summed E-state index contributed by atoms with van der Waals surface area (Å²) >= 11 is 1.06. The molecule has 0 aliphatic heterocycles. The number of nitrogens with zero attached hydrogens (tertiary/aromatic N) is 2. The summed E-state index contributed by atoms with van der Waals surface area (Å²) in [5.74, 6) is -0.796. The Kier molecular flexibility index (Phi) is 7.16. The first-order chi connectivity index (χ1) is 15.0. The van der Waals surface area contributed by atoms with Crippen LogP contribution in [0.15, 0.2) is 52.5 Å². The number of halogens is 3. The molecule has 32 heavy (non-hydrogen) atoms. The van der Waals surface area contributed by atoms with E-state index >= 15 is 0 Å². The van der Waals surface area contributed by atoms with E-state index in [0.717, 1.165) is 30.7 Å². The number of aryl methyl sites for hydroxylation is 1. The molecule has 1 aromatic heterocycles. The quantitative estimate of drug-likeness (QED) is 0.464. The minimum atomic E-state index is -4.59. The highest BCUT2D eigenvalue weighted by molar-refractivity contribution is 7.99. The van der Waals surface area contributed by atoms with E-state index in [-0.39, 0.29) is 16.3 Å². The zero-order chi connectivity index (χ0) is 23.5. The lowest BCUT2D eigenvalue weighted by atomic mass is 10.1. The van der Waals surface area contributed by atoms with Crippen LogP contribution in [-0.2, 0) is 27.5 Å². The number of imidazole rings is 1. The van der Waals surface area contributed by atoms with Gasteiger partial charge in [-0.15, -0.1) is 0 Å². The van der Waals surface area contributed by atoms with Crippen molar-refractivity contribution in [2.75, 3.05) is 11.1 Å². The first kappa shape index (κ1) is 24.1. The van der Waals surface area contributed by atoms with Gasteiger partial charge >= 0.3 is 6.18 Å². The van der Waals surface area contributed by atoms with Gasteiger partial charge in [0.15, 0.2) is 5.16 Å². The van der Waals surface area contributed by atoms with Crippen LogP contribution in [0.25, 0.3) is 11.0 Å². The number of unbranched alkanes of at least 4 members (excludes halogenated alkanes) is 1. The van der Waals surface area contributed by atoms with E-state index in [2.05, 4.69) is 10.3 Å². The van der Waals surface area contributed by atoms with Crippen molar-refractivity contribution >= 4 is 44.4 Å². The second-order valence-corrected chi connectivity index (χ2v) is 9.48. The van der Waals surface area contributed by atoms with Gasteiger partial charge in [-0.25, -0.2) is 18.5 Å². The van der Waals surface area contributed by atoms with Gasteiger partial charge in [-0.2, -0.15) is 13.2 Å². The van der Waals surface area contributed by atoms with Crippen LogP contribution in [0.1, 0.15) is 25.3 Å². The van der Waals surface area contributed by atoms with Gasteiger partial charge in [0.05, 0.1) is 32.9 Å². The minimum Gasteiger partial charge on any atom is -0.325 e. The highest BCUT2D eigenvalue weighted by Gasteiger charge is 2.33. The third-order valence-electron chi connectivity index (χ3n) is 4.59. The highest BCUT2D eigenvalue weighted by atomic mass is 32.2. The molecule has 7 nitrogen and oxygen atoms in total. The number of alkyl halides is 3. The van der Waals surface area contributed by atoms with E-state index in [1.807, 2.05) is 11.5 Å². The van der Waals surface area contributed by atoms with E-state index in [4.69, 9.17) is 5.14 Å². The van der Waals surface area contributed by atoms with Gasteiger partial charge in [-0.1, -0.05) is 37.2 Å². The largest absolute Gasteiger partial charge is 0.418 e. The first-order valence-corrected chi connectivity index (χ1v) is 12.2. The van der Waals surface area contributed by atoms with Gasteiger partial charge in [0, 0.05) is 6.54 Å². The predicted octanol–water partition coefficient (Wildman–Crippen LogP) is 4.23. The van der Waals surface area contributed by atoms with Crippen LogP contribution >= 0.6 is 11.8 Å². The molecule has 1 heterocycles. The summed E-state index contributed by atoms with van der Waals surface area (Å²) in [6.07, 6.45) is -2.87. The zero-order valence-corrected chi connectivity index (χ0v) is 18.6. The number of amides is 1. The summed E-state index contributed by atoms with van der Waals surface area (Å²) in [7, 11) is -3.90. The number of carbonyl (C=O) groups is 1. The molecule has 0 saturated carbocycles. The molecule has 0 unspecified atom stereocenters. The standard InChI is InChI=1S/C20H21F3N4O3S2/c1-2-3-10-27-17-9-8-13(32(24,29)30)11-16(17)26-19(27)31-12-18(28)25-15-7-5-4-6-14(15)20(21,22)23/h4-9,11H,2-3,10,12H2,1H3,(H,25,28)(H2,24,29,30). The Labute approximate surface area is 187 Å². The number of sulfonamides is 1. The summed E-state index contributed by atoms with van der Waals surface area (Å²) in [5.41, 5.74) is -0.166. The van der Waals surface area contributed by atoms with Gasteiger partial charge in [0.1, 0.15) is 0 Å². The van der Waals surface area contributed by atoms with Crippen LogP contribution in [0.4, 0.5) is 18.9 Å². The lowest BCUT2D eigenvalue weighted by molar-refractivity contribution is -0.137. The van der Waals surface area contributed by atoms with Crippen LogP contribution in [0.3, 0.4) is 0 Å². The Morgan fingerprint density at radius 3 is 2.59 bits per heavy atom. The number of carbonyl (C=O) groups excluding carboxylic acids is 1. The first-order valence-electron chi connectivity index (χ1n) is 9.62. The molecule has 172 valence electrons. The number of nitrogens with two attached hydrogens (primary N) is 1. The Morgan fingerprint density at radius 1 is 1.22 bits per heavy atom. The van der Waals surface area contributed by atoms with E-state index in [0.29, 0.717) is 22.7 Å². The van der Waals surface area contributed by atoms with Gasteiger partial charge in [-0.3, -0.25) is 4.79 Å². The van der Waals surface area contributed by atoms with Crippen LogP contribution < -0.4 is 10.5 Å². The van der Waals surface area contributed by atoms with Crippen LogP contribution in [-0.4, -0.2) is 29.6 Å². The Hall–Kier alpha value is -2.57. The van der Waals surface area contributed by atoms with Crippen molar-refractivity contribution in [2.45, 2.75) is 42.5 Å². The zero-order valence-electron chi connectivity index (χ0n) is 17.0. The van der Waals surface area contributed by atoms with E-state index in [9.17, 15) is 26.4 Å². The van der Waals surface area contributed by atoms with Crippen molar-refractivity contribution in [1.29, 1.82) is 0 Å². The van der Waals surface area contributed by atoms with Gasteiger partial charge in [0.25, 0.3) is 0 Å². The average molecular weight is 487 g/mol. The van der Waals surface area contributed by atoms with Crippen LogP contribution in [0, 0.1) is 0 Å². The molecule has 3 rings (SSSR count). The maximum absolute atomic E-state index is 13.1. The molecule has 0 bridgehead atoms. The van der Waals surface area contributed by atoms with Crippen LogP contribution in [0.5, 0.6) is 0 Å². The molecular formula is C20H21F3N4O3S2. The average Bonchev–Trinajstić information content (AvgIpc) is 3.06. The van der Waals surface area contributed by atoms with Gasteiger partial charge in [0.2, 0.25) is 15.9 Å². The number of primary sulfonamides is 1. The molecule has 3 aromatic rings. The minimum absolute atomic E-state index is 0.0804. The smallest absolute Gasteiger partial charge is 0.325 e. The molecule has 0 fully saturated rings. The second-order valence-electron chi connectivity index (χ2n) is 6.98. The van der Waals surface area contributed by atoms with Crippen molar-refractivity contribution in [3.05, 3.63) is 48.0 Å². The molecular weight excluding hydrogens is 465 g/mol. The van der Waals surface area contributed by atoms with Crippen molar-refractivity contribution in [3.63, 3.8) is 0 Å². The number of aromatic nitrogens is 2. The SMILES string of the molecule is CCCCn1c(SCC(=O)Nc2ccccc2C(F)(F)F)nc2cc(S(N)(=O)=O)ccc21. The summed E-state index contributed by atoms with van der Waals surface area (Å²) in [5, 5.41) is 7.94. The molecule has 0 radical (unpaired) electrons. The maximum atomic E-state index is 13.1.